The predicted octanol–water partition coefficient (Wildman–Crippen LogP) is 5.44. The van der Waals surface area contributed by atoms with Crippen LogP contribution < -0.4 is 10.1 Å². The zero-order valence-electron chi connectivity index (χ0n) is 18.8. The smallest absolute Gasteiger partial charge is 0.410 e. The highest BCUT2D eigenvalue weighted by Crippen LogP contribution is 2.32. The van der Waals surface area contributed by atoms with Crippen molar-refractivity contribution in [2.75, 3.05) is 19.5 Å². The van der Waals surface area contributed by atoms with Gasteiger partial charge in [0.25, 0.3) is 5.91 Å². The third-order valence-corrected chi connectivity index (χ3v) is 5.26. The Bertz CT molecular complexity index is 1100. The van der Waals surface area contributed by atoms with Crippen molar-refractivity contribution in [1.29, 1.82) is 0 Å². The van der Waals surface area contributed by atoms with Gasteiger partial charge in [0.15, 0.2) is 0 Å². The van der Waals surface area contributed by atoms with E-state index in [0.29, 0.717) is 28.7 Å². The van der Waals surface area contributed by atoms with Crippen LogP contribution in [0.3, 0.4) is 0 Å². The number of benzene rings is 2. The highest BCUT2D eigenvalue weighted by molar-refractivity contribution is 7.13. The van der Waals surface area contributed by atoms with Crippen LogP contribution in [0.4, 0.5) is 10.5 Å². The molecule has 0 saturated carbocycles. The van der Waals surface area contributed by atoms with E-state index >= 15 is 0 Å². The van der Waals surface area contributed by atoms with Crippen LogP contribution in [0, 0.1) is 0 Å². The first-order valence-electron chi connectivity index (χ1n) is 10.1. The quantitative estimate of drug-likeness (QED) is 0.538. The van der Waals surface area contributed by atoms with Crippen LogP contribution in [0.5, 0.6) is 5.75 Å². The molecule has 0 spiro atoms. The fourth-order valence-electron chi connectivity index (χ4n) is 2.94. The van der Waals surface area contributed by atoms with Crippen molar-refractivity contribution in [3.8, 4) is 16.3 Å². The second-order valence-electron chi connectivity index (χ2n) is 8.23. The molecule has 0 radical (unpaired) electrons. The van der Waals surface area contributed by atoms with Crippen molar-refractivity contribution in [3.05, 3.63) is 65.2 Å². The van der Waals surface area contributed by atoms with Crippen LogP contribution in [-0.4, -0.2) is 41.6 Å². The molecule has 8 heteroatoms. The zero-order valence-corrected chi connectivity index (χ0v) is 19.7. The van der Waals surface area contributed by atoms with E-state index in [1.165, 1.54) is 16.2 Å². The summed E-state index contributed by atoms with van der Waals surface area (Å²) in [4.78, 5) is 30.9. The third kappa shape index (κ3) is 6.07. The average Bonchev–Trinajstić information content (AvgIpc) is 3.23. The summed E-state index contributed by atoms with van der Waals surface area (Å²) >= 11 is 1.38. The van der Waals surface area contributed by atoms with E-state index in [4.69, 9.17) is 9.47 Å². The molecule has 3 aromatic rings. The van der Waals surface area contributed by atoms with Gasteiger partial charge in [-0.1, -0.05) is 24.3 Å². The number of anilines is 1. The number of aromatic nitrogens is 1. The number of nitrogens with zero attached hydrogens (tertiary/aromatic N) is 2. The monoisotopic (exact) mass is 453 g/mol. The second-order valence-corrected chi connectivity index (χ2v) is 9.09. The van der Waals surface area contributed by atoms with E-state index in [1.54, 1.807) is 25.6 Å². The Morgan fingerprint density at radius 1 is 1.12 bits per heavy atom. The van der Waals surface area contributed by atoms with Crippen LogP contribution in [0.1, 0.15) is 36.8 Å². The second kappa shape index (κ2) is 9.82. The summed E-state index contributed by atoms with van der Waals surface area (Å²) in [5, 5.41) is 5.30. The molecule has 0 fully saturated rings. The fraction of sp³-hybridized carbons (Fsp3) is 0.292. The SMILES string of the molecule is COc1ccccc1-c1nc(C(=O)Nc2cccc(CN(C)C(=O)OC(C)(C)C)c2)cs1. The number of hydrogen-bond acceptors (Lipinski definition) is 6. The fourth-order valence-corrected chi connectivity index (χ4v) is 3.77. The first-order valence-corrected chi connectivity index (χ1v) is 11.0. The minimum Gasteiger partial charge on any atom is -0.496 e. The van der Waals surface area contributed by atoms with Crippen molar-refractivity contribution in [1.82, 2.24) is 9.88 Å². The molecule has 0 saturated heterocycles. The molecule has 1 aromatic heterocycles. The summed E-state index contributed by atoms with van der Waals surface area (Å²) in [6.45, 7) is 5.83. The highest BCUT2D eigenvalue weighted by atomic mass is 32.1. The molecule has 3 rings (SSSR count). The summed E-state index contributed by atoms with van der Waals surface area (Å²) in [6, 6.07) is 14.9. The van der Waals surface area contributed by atoms with E-state index in [1.807, 2.05) is 63.2 Å². The Kier molecular flexibility index (Phi) is 7.15. The third-order valence-electron chi connectivity index (χ3n) is 4.38. The summed E-state index contributed by atoms with van der Waals surface area (Å²) in [6.07, 6.45) is -0.404. The van der Waals surface area contributed by atoms with E-state index < -0.39 is 11.7 Å². The lowest BCUT2D eigenvalue weighted by molar-refractivity contribution is 0.0285. The Morgan fingerprint density at radius 3 is 2.59 bits per heavy atom. The lowest BCUT2D eigenvalue weighted by atomic mass is 10.2. The van der Waals surface area contributed by atoms with E-state index in [0.717, 1.165) is 11.1 Å². The molecule has 0 unspecified atom stereocenters. The van der Waals surface area contributed by atoms with Gasteiger partial charge in [-0.2, -0.15) is 0 Å². The molecule has 168 valence electrons. The molecule has 0 aliphatic heterocycles. The molecule has 2 aromatic carbocycles. The zero-order chi connectivity index (χ0) is 23.3. The lowest BCUT2D eigenvalue weighted by Gasteiger charge is -2.24. The summed E-state index contributed by atoms with van der Waals surface area (Å²) in [7, 11) is 3.28. The van der Waals surface area contributed by atoms with Crippen LogP contribution in [0.2, 0.25) is 0 Å². The topological polar surface area (TPSA) is 80.8 Å². The van der Waals surface area contributed by atoms with Crippen molar-refractivity contribution in [2.24, 2.45) is 0 Å². The number of ether oxygens (including phenoxy) is 2. The predicted molar refractivity (Wildman–Crippen MR) is 126 cm³/mol. The summed E-state index contributed by atoms with van der Waals surface area (Å²) < 4.78 is 10.8. The maximum atomic E-state index is 12.7. The molecule has 1 N–H and O–H groups in total. The first-order chi connectivity index (χ1) is 15.2. The highest BCUT2D eigenvalue weighted by Gasteiger charge is 2.20. The van der Waals surface area contributed by atoms with E-state index in [-0.39, 0.29) is 5.91 Å². The Labute approximate surface area is 192 Å². The van der Waals surface area contributed by atoms with Gasteiger partial charge in [0.2, 0.25) is 0 Å². The minimum absolute atomic E-state index is 0.306. The largest absolute Gasteiger partial charge is 0.496 e. The van der Waals surface area contributed by atoms with Gasteiger partial charge in [-0.3, -0.25) is 4.79 Å². The van der Waals surface area contributed by atoms with Gasteiger partial charge in [-0.05, 0) is 50.6 Å². The summed E-state index contributed by atoms with van der Waals surface area (Å²) in [5.41, 5.74) is 2.09. The minimum atomic E-state index is -0.558. The number of amides is 2. The average molecular weight is 454 g/mol. The van der Waals surface area contributed by atoms with Crippen molar-refractivity contribution in [3.63, 3.8) is 0 Å². The van der Waals surface area contributed by atoms with E-state index in [9.17, 15) is 9.59 Å². The molecule has 7 nitrogen and oxygen atoms in total. The molecule has 0 aliphatic rings. The number of carbonyl (C=O) groups is 2. The van der Waals surface area contributed by atoms with Crippen molar-refractivity contribution >= 4 is 29.0 Å². The van der Waals surface area contributed by atoms with Gasteiger partial charge in [0.1, 0.15) is 22.1 Å². The maximum absolute atomic E-state index is 12.7. The van der Waals surface area contributed by atoms with Crippen LogP contribution in [-0.2, 0) is 11.3 Å². The number of nitrogens with one attached hydrogen (secondary N) is 1. The number of thiazole rings is 1. The number of carbonyl (C=O) groups excluding carboxylic acids is 2. The maximum Gasteiger partial charge on any atom is 0.410 e. The van der Waals surface area contributed by atoms with Crippen LogP contribution in [0.25, 0.3) is 10.6 Å². The Morgan fingerprint density at radius 2 is 1.88 bits per heavy atom. The summed E-state index contributed by atoms with van der Waals surface area (Å²) in [5.74, 6) is 0.399. The molecular formula is C24H27N3O4S. The van der Waals surface area contributed by atoms with Crippen molar-refractivity contribution in [2.45, 2.75) is 32.9 Å². The van der Waals surface area contributed by atoms with Gasteiger partial charge in [0, 0.05) is 24.7 Å². The van der Waals surface area contributed by atoms with E-state index in [2.05, 4.69) is 10.3 Å². The van der Waals surface area contributed by atoms with Gasteiger partial charge in [-0.15, -0.1) is 11.3 Å². The van der Waals surface area contributed by atoms with Gasteiger partial charge < -0.3 is 19.7 Å². The molecule has 0 bridgehead atoms. The molecule has 2 amide bonds. The van der Waals surface area contributed by atoms with Crippen LogP contribution in [0.15, 0.2) is 53.9 Å². The van der Waals surface area contributed by atoms with Gasteiger partial charge in [-0.25, -0.2) is 9.78 Å². The van der Waals surface area contributed by atoms with Crippen LogP contribution >= 0.6 is 11.3 Å². The van der Waals surface area contributed by atoms with Gasteiger partial charge >= 0.3 is 6.09 Å². The molecule has 32 heavy (non-hydrogen) atoms. The first kappa shape index (κ1) is 23.3. The number of hydrogen-bond donors (Lipinski definition) is 1. The van der Waals surface area contributed by atoms with Gasteiger partial charge in [0.05, 0.1) is 12.7 Å². The lowest BCUT2D eigenvalue weighted by Crippen LogP contribution is -2.33. The Hall–Kier alpha value is -3.39. The number of methoxy groups -OCH3 is 1. The molecule has 1 heterocycles. The molecule has 0 atom stereocenters. The number of rotatable bonds is 6. The normalized spacial score (nSPS) is 11.0. The molecule has 0 aliphatic carbocycles. The van der Waals surface area contributed by atoms with Crippen molar-refractivity contribution < 1.29 is 19.1 Å². The Balaban J connectivity index is 1.68. The standard InChI is InChI=1S/C24H27N3O4S/c1-24(2,3)31-23(29)27(4)14-16-9-8-10-17(13-16)25-21(28)19-15-32-22(26-19)18-11-6-7-12-20(18)30-5/h6-13,15H,14H2,1-5H3,(H,25,28). The molecular weight excluding hydrogens is 426 g/mol. The number of para-hydroxylation sites is 1.